The molecular formula is C110H121N23O5S2. The Morgan fingerprint density at radius 2 is 0.707 bits per heavy atom. The molecule has 12 N–H and O–H groups in total. The van der Waals surface area contributed by atoms with Gasteiger partial charge in [-0.1, -0.05) is 89.5 Å². The van der Waals surface area contributed by atoms with Crippen molar-refractivity contribution in [2.24, 2.45) is 0 Å². The third-order valence-electron chi connectivity index (χ3n) is 26.1. The van der Waals surface area contributed by atoms with E-state index in [1.807, 2.05) is 159 Å². The number of piperazine rings is 5. The molecule has 30 heteroatoms. The molecule has 8 aromatic heterocycles. The van der Waals surface area contributed by atoms with E-state index in [4.69, 9.17) is 28.7 Å². The zero-order chi connectivity index (χ0) is 97.4. The number of nitrogens with zero attached hydrogens (tertiary/aromatic N) is 16. The minimum absolute atomic E-state index is 0.0148. The number of nitrogen functional groups attached to an aromatic ring is 5. The van der Waals surface area contributed by atoms with Crippen molar-refractivity contribution < 1.29 is 24.0 Å². The third-order valence-corrected chi connectivity index (χ3v) is 28.4. The second-order valence-corrected chi connectivity index (χ2v) is 37.9. The summed E-state index contributed by atoms with van der Waals surface area (Å²) in [5, 5.41) is 8.56. The molecule has 140 heavy (non-hydrogen) atoms. The summed E-state index contributed by atoms with van der Waals surface area (Å²) in [5.41, 5.74) is 53.6. The number of likely N-dealkylation sites (N-methyl/N-ethyl adjacent to an activating group) is 3. The van der Waals surface area contributed by atoms with Gasteiger partial charge in [-0.25, -0.2) is 15.0 Å². The molecule has 20 rings (SSSR count). The van der Waals surface area contributed by atoms with Crippen molar-refractivity contribution in [1.29, 1.82) is 0 Å². The van der Waals surface area contributed by atoms with Crippen LogP contribution in [0.5, 0.6) is 0 Å². The van der Waals surface area contributed by atoms with Crippen molar-refractivity contribution in [3.8, 4) is 33.4 Å². The summed E-state index contributed by atoms with van der Waals surface area (Å²) in [6.07, 6.45) is 33.3. The minimum Gasteiger partial charge on any atom is -0.398 e. The van der Waals surface area contributed by atoms with Crippen molar-refractivity contribution in [2.45, 2.75) is 51.9 Å². The molecule has 2 aliphatic carbocycles. The Labute approximate surface area is 826 Å². The third kappa shape index (κ3) is 26.2. The quantitative estimate of drug-likeness (QED) is 0.0206. The van der Waals surface area contributed by atoms with Crippen LogP contribution in [0.3, 0.4) is 0 Å². The van der Waals surface area contributed by atoms with Crippen LogP contribution in [0.4, 0.5) is 55.9 Å². The molecule has 5 aliphatic heterocycles. The van der Waals surface area contributed by atoms with Gasteiger partial charge in [-0.05, 0) is 258 Å². The number of pyridine rings is 6. The number of thiazole rings is 2. The molecule has 13 heterocycles. The summed E-state index contributed by atoms with van der Waals surface area (Å²) < 4.78 is 0. The number of nitrogens with two attached hydrogens (primary N) is 5. The maximum Gasteiger partial charge on any atom is 0.186 e. The predicted molar refractivity (Wildman–Crippen MR) is 569 cm³/mol. The van der Waals surface area contributed by atoms with Crippen LogP contribution in [0.1, 0.15) is 108 Å². The SMILES string of the molecule is CN1CCN(c2ccc(C(=O)Cc3cc(-c4ccncc4)ccc3N)cn2)CC1.CN1CCN(c2ccc(C(=O)Cc3cc(-c4ccncc4)ccc3N)nc2)CC1.CN1CCN(c2ncc(C(=O)Cc3cc(C4=CC=CC4)ccc3N)s2)CC1.Cc1nc(N2CCNCC2)sc1C(=O)Cc1cc(C2=CC=CC2)ccc1N.Nc1ccc(-c2ccncc2)cc1CC(=O)c1ccc(N2CCNCC2)cn1. The Kier molecular flexibility index (Phi) is 33.5. The van der Waals surface area contributed by atoms with Gasteiger partial charge in [0.1, 0.15) is 17.2 Å². The second kappa shape index (κ2) is 47.6. The molecule has 0 spiro atoms. The first-order valence-corrected chi connectivity index (χ1v) is 49.3. The molecule has 718 valence electrons. The number of carbonyl (C=O) groups excluding carboxylic acids is 5. The molecule has 0 atom stereocenters. The van der Waals surface area contributed by atoms with Gasteiger partial charge in [-0.2, -0.15) is 0 Å². The highest BCUT2D eigenvalue weighted by atomic mass is 32.1. The van der Waals surface area contributed by atoms with Crippen LogP contribution in [0.15, 0.2) is 262 Å². The normalized spacial score (nSPS) is 15.5. The summed E-state index contributed by atoms with van der Waals surface area (Å²) in [4.78, 5) is 118. The number of allylic oxidation sites excluding steroid dienone is 8. The van der Waals surface area contributed by atoms with Crippen molar-refractivity contribution in [1.82, 2.24) is 65.2 Å². The van der Waals surface area contributed by atoms with Crippen LogP contribution >= 0.6 is 22.7 Å². The summed E-state index contributed by atoms with van der Waals surface area (Å²) in [6.45, 7) is 21.5. The van der Waals surface area contributed by atoms with Crippen LogP contribution in [0.2, 0.25) is 0 Å². The number of benzene rings is 5. The van der Waals surface area contributed by atoms with Crippen LogP contribution < -0.4 is 63.8 Å². The molecule has 0 bridgehead atoms. The van der Waals surface area contributed by atoms with Crippen molar-refractivity contribution >= 4 is 119 Å². The van der Waals surface area contributed by atoms with Gasteiger partial charge in [0, 0.05) is 240 Å². The van der Waals surface area contributed by atoms with E-state index in [1.165, 1.54) is 33.8 Å². The number of nitrogens with one attached hydrogen (secondary N) is 2. The van der Waals surface area contributed by atoms with Gasteiger partial charge in [0.2, 0.25) is 0 Å². The maximum absolute atomic E-state index is 13.0. The molecule has 0 amide bonds. The number of anilines is 10. The van der Waals surface area contributed by atoms with E-state index in [-0.39, 0.29) is 48.2 Å². The first kappa shape index (κ1) is 98.4. The van der Waals surface area contributed by atoms with E-state index in [2.05, 4.69) is 159 Å². The highest BCUT2D eigenvalue weighted by Gasteiger charge is 2.27. The topological polar surface area (TPSA) is 369 Å². The molecule has 0 saturated carbocycles. The molecule has 13 aromatic rings. The minimum atomic E-state index is -0.0366. The van der Waals surface area contributed by atoms with Crippen molar-refractivity contribution in [3.63, 3.8) is 0 Å². The van der Waals surface area contributed by atoms with Crippen LogP contribution in [0, 0.1) is 6.92 Å². The fraction of sp³-hybridized carbons (Fsp3) is 0.282. The van der Waals surface area contributed by atoms with Gasteiger partial charge in [-0.3, -0.25) is 48.9 Å². The summed E-state index contributed by atoms with van der Waals surface area (Å²) in [5.74, 6) is 1.04. The lowest BCUT2D eigenvalue weighted by Gasteiger charge is -2.33. The Morgan fingerprint density at radius 3 is 1.11 bits per heavy atom. The average Bonchev–Trinajstić information content (AvgIpc) is 1.72. The summed E-state index contributed by atoms with van der Waals surface area (Å²) in [6, 6.07) is 52.4. The standard InChI is InChI=1S/2C23H25N5O.C22H23N5O.2C21H24N4OS/c1-27-10-12-28(13-11-27)20-3-5-22(26-16-20)23(29)15-19-14-18(2-4-21(19)24)17-6-8-25-9-7-17;1-27-10-12-28(13-11-27)23-5-3-19(16-26-23)22(29)15-20-14-18(2-4-21(20)24)17-6-8-25-9-7-17;23-20-3-1-17(16-5-7-24-8-6-16)13-18(20)14-22(28)21-4-2-19(15-26-21)27-11-9-25-10-12-27;1-24-8-10-25(11-9-24)21-23-14-20(27-21)19(26)13-17-12-16(6-7-18(17)22)15-4-2-3-5-15;1-14-20(27-21(24-14)25-10-8-23-9-11-25)19(26)13-17-12-16(6-7-18(17)22)15-4-2-3-5-15/h2*2-9,14,16H,10-13,15,24H2,1H3;1-8,13,15,25H,9-12,14,23H2;2-4,6-7,12,14H,5,8-11,13,22H2,1H3;2-4,6-7,12,23H,5,8-11,13,22H2,1H3. The van der Waals surface area contributed by atoms with Gasteiger partial charge in [-0.15, -0.1) is 0 Å². The first-order chi connectivity index (χ1) is 68.1. The zero-order valence-electron chi connectivity index (χ0n) is 79.8. The number of hydrogen-bond acceptors (Lipinski definition) is 30. The van der Waals surface area contributed by atoms with Crippen molar-refractivity contribution in [2.75, 3.05) is 205 Å². The number of ketones is 5. The van der Waals surface area contributed by atoms with Gasteiger partial charge in [0.05, 0.1) is 45.4 Å². The highest BCUT2D eigenvalue weighted by molar-refractivity contribution is 7.18. The summed E-state index contributed by atoms with van der Waals surface area (Å²) in [7, 11) is 6.39. The molecule has 0 radical (unpaired) electrons. The number of aromatic nitrogens is 8. The average molecular weight is 1910 g/mol. The van der Waals surface area contributed by atoms with E-state index < -0.39 is 0 Å². The fourth-order valence-electron chi connectivity index (χ4n) is 17.4. The van der Waals surface area contributed by atoms with Gasteiger partial charge >= 0.3 is 0 Å². The lowest BCUT2D eigenvalue weighted by atomic mass is 9.98. The number of rotatable bonds is 25. The lowest BCUT2D eigenvalue weighted by molar-refractivity contribution is 0.0980. The Balaban J connectivity index is 0.000000126. The van der Waals surface area contributed by atoms with E-state index in [0.29, 0.717) is 63.1 Å². The predicted octanol–water partition coefficient (Wildman–Crippen LogP) is 14.8. The smallest absolute Gasteiger partial charge is 0.186 e. The van der Waals surface area contributed by atoms with Gasteiger partial charge in [0.15, 0.2) is 39.2 Å². The van der Waals surface area contributed by atoms with E-state index in [0.717, 1.165) is 254 Å². The number of aryl methyl sites for hydroxylation is 1. The van der Waals surface area contributed by atoms with Crippen molar-refractivity contribution in [3.05, 3.63) is 334 Å². The van der Waals surface area contributed by atoms with Crippen LogP contribution in [-0.2, 0) is 32.1 Å². The maximum atomic E-state index is 13.0. The molecule has 0 unspecified atom stereocenters. The highest BCUT2D eigenvalue weighted by Crippen LogP contribution is 2.36. The largest absolute Gasteiger partial charge is 0.398 e. The molecule has 7 aliphatic rings. The number of carbonyl (C=O) groups is 5. The first-order valence-electron chi connectivity index (χ1n) is 47.7. The van der Waals surface area contributed by atoms with E-state index in [1.54, 1.807) is 62.0 Å². The molecular weight excluding hydrogens is 1790 g/mol. The zero-order valence-corrected chi connectivity index (χ0v) is 81.5. The fourth-order valence-corrected chi connectivity index (χ4v) is 19.4. The van der Waals surface area contributed by atoms with Gasteiger partial charge < -0.3 is 78.5 Å². The number of Topliss-reactive ketones (excluding diaryl/α,β-unsaturated/α-hetero) is 5. The number of hydrogen-bond donors (Lipinski definition) is 7. The lowest BCUT2D eigenvalue weighted by Crippen LogP contribution is -2.44. The summed E-state index contributed by atoms with van der Waals surface area (Å²) >= 11 is 2.99. The van der Waals surface area contributed by atoms with Gasteiger partial charge in [0.25, 0.3) is 0 Å². The monoisotopic (exact) mass is 1910 g/mol. The Bertz CT molecular complexity index is 6410. The molecule has 5 fully saturated rings. The molecule has 5 saturated heterocycles. The molecule has 5 aromatic carbocycles. The van der Waals surface area contributed by atoms with Crippen LogP contribution in [-0.4, -0.2) is 236 Å². The Hall–Kier alpha value is -14.6. The Morgan fingerprint density at radius 1 is 0.336 bits per heavy atom. The van der Waals surface area contributed by atoms with Crippen LogP contribution in [0.25, 0.3) is 44.5 Å². The van der Waals surface area contributed by atoms with E-state index in [9.17, 15) is 24.0 Å². The molecule has 28 nitrogen and oxygen atoms in total. The second-order valence-electron chi connectivity index (χ2n) is 35.9. The van der Waals surface area contributed by atoms with E-state index >= 15 is 0 Å².